The molecule has 2 saturated heterocycles. The second-order valence-electron chi connectivity index (χ2n) is 5.45. The number of hydrogen-bond acceptors (Lipinski definition) is 6. The van der Waals surface area contributed by atoms with Crippen molar-refractivity contribution in [3.63, 3.8) is 0 Å². The van der Waals surface area contributed by atoms with Gasteiger partial charge in [0.2, 0.25) is 0 Å². The van der Waals surface area contributed by atoms with Crippen molar-refractivity contribution in [3.8, 4) is 0 Å². The highest BCUT2D eigenvalue weighted by atomic mass is 16.5. The maximum absolute atomic E-state index is 5.42. The van der Waals surface area contributed by atoms with Gasteiger partial charge in [0.15, 0.2) is 5.82 Å². The van der Waals surface area contributed by atoms with Crippen LogP contribution in [0.1, 0.15) is 12.1 Å². The summed E-state index contributed by atoms with van der Waals surface area (Å²) in [6.07, 6.45) is 1.21. The molecule has 1 aromatic rings. The summed E-state index contributed by atoms with van der Waals surface area (Å²) in [5.41, 5.74) is 0.986. The van der Waals surface area contributed by atoms with E-state index in [1.165, 1.54) is 6.42 Å². The molecule has 2 aliphatic heterocycles. The van der Waals surface area contributed by atoms with Crippen molar-refractivity contribution in [1.29, 1.82) is 0 Å². The van der Waals surface area contributed by atoms with Crippen LogP contribution in [0.5, 0.6) is 0 Å². The molecule has 1 aromatic heterocycles. The Morgan fingerprint density at radius 2 is 2.10 bits per heavy atom. The van der Waals surface area contributed by atoms with Crippen molar-refractivity contribution in [2.75, 3.05) is 51.3 Å². The van der Waals surface area contributed by atoms with Crippen molar-refractivity contribution in [2.24, 2.45) is 0 Å². The molecular weight excluding hydrogens is 254 g/mol. The van der Waals surface area contributed by atoms with Crippen molar-refractivity contribution in [3.05, 3.63) is 17.8 Å². The molecule has 3 heterocycles. The van der Waals surface area contributed by atoms with E-state index in [1.54, 1.807) is 0 Å². The molecule has 0 aromatic carbocycles. The molecule has 2 fully saturated rings. The average Bonchev–Trinajstić information content (AvgIpc) is 2.99. The summed E-state index contributed by atoms with van der Waals surface area (Å²) in [5, 5.41) is 11.7. The highest BCUT2D eigenvalue weighted by Crippen LogP contribution is 2.21. The van der Waals surface area contributed by atoms with E-state index in [1.807, 2.05) is 7.05 Å². The minimum absolute atomic E-state index is 0.637. The number of nitrogens with one attached hydrogen (secondary N) is 1. The summed E-state index contributed by atoms with van der Waals surface area (Å²) < 4.78 is 5.42. The van der Waals surface area contributed by atoms with Crippen molar-refractivity contribution < 1.29 is 4.74 Å². The fourth-order valence-electron chi connectivity index (χ4n) is 2.99. The standard InChI is InChI=1S/C14H23N5O/c1-15-10-12-2-3-14(17-16-12)19-5-4-13(11-19)18-6-8-20-9-7-18/h2-3,13,15H,4-11H2,1H3. The molecule has 0 saturated carbocycles. The van der Waals surface area contributed by atoms with Crippen LogP contribution in [0.4, 0.5) is 5.82 Å². The van der Waals surface area contributed by atoms with E-state index in [0.717, 1.165) is 57.4 Å². The number of nitrogens with zero attached hydrogens (tertiary/aromatic N) is 4. The molecule has 1 N–H and O–H groups in total. The van der Waals surface area contributed by atoms with Crippen molar-refractivity contribution in [2.45, 2.75) is 19.0 Å². The monoisotopic (exact) mass is 277 g/mol. The third-order valence-electron chi connectivity index (χ3n) is 4.11. The van der Waals surface area contributed by atoms with Gasteiger partial charge >= 0.3 is 0 Å². The minimum atomic E-state index is 0.637. The van der Waals surface area contributed by atoms with Crippen LogP contribution in [0.3, 0.4) is 0 Å². The van der Waals surface area contributed by atoms with Crippen LogP contribution in [0.15, 0.2) is 12.1 Å². The lowest BCUT2D eigenvalue weighted by molar-refractivity contribution is 0.0209. The fourth-order valence-corrected chi connectivity index (χ4v) is 2.99. The predicted molar refractivity (Wildman–Crippen MR) is 77.8 cm³/mol. The van der Waals surface area contributed by atoms with Crippen LogP contribution in [0.25, 0.3) is 0 Å². The van der Waals surface area contributed by atoms with Gasteiger partial charge in [-0.2, -0.15) is 5.10 Å². The molecule has 6 heteroatoms. The normalized spacial score (nSPS) is 24.2. The Morgan fingerprint density at radius 1 is 1.25 bits per heavy atom. The van der Waals surface area contributed by atoms with E-state index in [-0.39, 0.29) is 0 Å². The fraction of sp³-hybridized carbons (Fsp3) is 0.714. The van der Waals surface area contributed by atoms with E-state index in [2.05, 4.69) is 37.4 Å². The zero-order valence-corrected chi connectivity index (χ0v) is 12.1. The summed E-state index contributed by atoms with van der Waals surface area (Å²) in [5.74, 6) is 1.00. The minimum Gasteiger partial charge on any atom is -0.379 e. The molecule has 0 amide bonds. The van der Waals surface area contributed by atoms with E-state index in [9.17, 15) is 0 Å². The van der Waals surface area contributed by atoms with E-state index < -0.39 is 0 Å². The van der Waals surface area contributed by atoms with Gasteiger partial charge in [-0.15, -0.1) is 5.10 Å². The molecular formula is C14H23N5O. The number of aromatic nitrogens is 2. The van der Waals surface area contributed by atoms with Gasteiger partial charge in [-0.05, 0) is 25.6 Å². The van der Waals surface area contributed by atoms with Gasteiger partial charge in [-0.1, -0.05) is 0 Å². The summed E-state index contributed by atoms with van der Waals surface area (Å²) >= 11 is 0. The number of hydrogen-bond donors (Lipinski definition) is 1. The van der Waals surface area contributed by atoms with Gasteiger partial charge in [0.05, 0.1) is 18.9 Å². The van der Waals surface area contributed by atoms with Crippen LogP contribution in [0.2, 0.25) is 0 Å². The molecule has 20 heavy (non-hydrogen) atoms. The zero-order chi connectivity index (χ0) is 13.8. The average molecular weight is 277 g/mol. The second kappa shape index (κ2) is 6.47. The molecule has 1 unspecified atom stereocenters. The third kappa shape index (κ3) is 3.08. The molecule has 6 nitrogen and oxygen atoms in total. The first kappa shape index (κ1) is 13.7. The Hall–Kier alpha value is -1.24. The Kier molecular flexibility index (Phi) is 4.44. The molecule has 110 valence electrons. The van der Waals surface area contributed by atoms with Gasteiger partial charge in [0.1, 0.15) is 0 Å². The van der Waals surface area contributed by atoms with Crippen LogP contribution in [-0.4, -0.2) is 67.6 Å². The first-order valence-corrected chi connectivity index (χ1v) is 7.41. The predicted octanol–water partition coefficient (Wildman–Crippen LogP) is 0.107. The maximum atomic E-state index is 5.42. The maximum Gasteiger partial charge on any atom is 0.151 e. The molecule has 3 rings (SSSR count). The van der Waals surface area contributed by atoms with Crippen molar-refractivity contribution in [1.82, 2.24) is 20.4 Å². The number of anilines is 1. The Labute approximate surface area is 120 Å². The van der Waals surface area contributed by atoms with E-state index in [0.29, 0.717) is 6.04 Å². The molecule has 0 aliphatic carbocycles. The molecule has 0 radical (unpaired) electrons. The smallest absolute Gasteiger partial charge is 0.151 e. The number of morpholine rings is 1. The van der Waals surface area contributed by atoms with Crippen molar-refractivity contribution >= 4 is 5.82 Å². The van der Waals surface area contributed by atoms with Crippen LogP contribution in [0, 0.1) is 0 Å². The first-order chi connectivity index (χ1) is 9.86. The topological polar surface area (TPSA) is 53.5 Å². The quantitative estimate of drug-likeness (QED) is 0.843. The van der Waals surface area contributed by atoms with Crippen LogP contribution >= 0.6 is 0 Å². The summed E-state index contributed by atoms with van der Waals surface area (Å²) in [6, 6.07) is 4.78. The SMILES string of the molecule is CNCc1ccc(N2CCC(N3CCOCC3)C2)nn1. The van der Waals surface area contributed by atoms with E-state index in [4.69, 9.17) is 4.74 Å². The highest BCUT2D eigenvalue weighted by Gasteiger charge is 2.29. The lowest BCUT2D eigenvalue weighted by Crippen LogP contribution is -2.44. The highest BCUT2D eigenvalue weighted by molar-refractivity contribution is 5.39. The van der Waals surface area contributed by atoms with Gasteiger partial charge in [0.25, 0.3) is 0 Å². The number of ether oxygens (including phenoxy) is 1. The second-order valence-corrected chi connectivity index (χ2v) is 5.45. The van der Waals surface area contributed by atoms with Gasteiger partial charge in [-0.3, -0.25) is 4.90 Å². The van der Waals surface area contributed by atoms with E-state index >= 15 is 0 Å². The lowest BCUT2D eigenvalue weighted by atomic mass is 10.2. The Balaban J connectivity index is 1.58. The summed E-state index contributed by atoms with van der Waals surface area (Å²) in [7, 11) is 1.92. The summed E-state index contributed by atoms with van der Waals surface area (Å²) in [6.45, 7) is 6.76. The third-order valence-corrected chi connectivity index (χ3v) is 4.11. The molecule has 0 bridgehead atoms. The largest absolute Gasteiger partial charge is 0.379 e. The molecule has 0 spiro atoms. The van der Waals surface area contributed by atoms with Crippen LogP contribution < -0.4 is 10.2 Å². The number of rotatable bonds is 4. The Morgan fingerprint density at radius 3 is 2.80 bits per heavy atom. The van der Waals surface area contributed by atoms with Gasteiger partial charge < -0.3 is 15.0 Å². The van der Waals surface area contributed by atoms with Crippen LogP contribution in [-0.2, 0) is 11.3 Å². The molecule has 1 atom stereocenters. The lowest BCUT2D eigenvalue weighted by Gasteiger charge is -2.32. The van der Waals surface area contributed by atoms with Gasteiger partial charge in [0, 0.05) is 38.8 Å². The Bertz CT molecular complexity index is 418. The zero-order valence-electron chi connectivity index (χ0n) is 12.1. The summed E-state index contributed by atoms with van der Waals surface area (Å²) in [4.78, 5) is 4.89. The first-order valence-electron chi connectivity index (χ1n) is 7.41. The molecule has 2 aliphatic rings. The van der Waals surface area contributed by atoms with Gasteiger partial charge in [-0.25, -0.2) is 0 Å².